The van der Waals surface area contributed by atoms with Crippen LogP contribution in [0.3, 0.4) is 0 Å². The lowest BCUT2D eigenvalue weighted by atomic mass is 10.0. The number of ether oxygens (including phenoxy) is 1. The van der Waals surface area contributed by atoms with Crippen LogP contribution in [0.25, 0.3) is 0 Å². The topological polar surface area (TPSA) is 41.6 Å². The third kappa shape index (κ3) is 4.45. The fourth-order valence-corrected chi connectivity index (χ4v) is 3.39. The number of hydrogen-bond donors (Lipinski definition) is 1. The smallest absolute Gasteiger partial charge is 0.251 e. The molecule has 116 valence electrons. The van der Waals surface area contributed by atoms with Crippen molar-refractivity contribution in [3.63, 3.8) is 0 Å². The lowest BCUT2D eigenvalue weighted by Crippen LogP contribution is -2.47. The number of piperidine rings is 1. The van der Waals surface area contributed by atoms with Crippen LogP contribution in [0.2, 0.25) is 0 Å². The number of rotatable bonds is 4. The summed E-state index contributed by atoms with van der Waals surface area (Å²) in [6, 6.07) is 0.379. The number of nitrogens with zero attached hydrogens (tertiary/aromatic N) is 1. The highest BCUT2D eigenvalue weighted by molar-refractivity contribution is 5.80. The summed E-state index contributed by atoms with van der Waals surface area (Å²) in [5.74, 6) is 0.154. The molecule has 0 spiro atoms. The van der Waals surface area contributed by atoms with E-state index in [1.54, 1.807) is 0 Å². The lowest BCUT2D eigenvalue weighted by Gasteiger charge is -2.34. The Kier molecular flexibility index (Phi) is 6.30. The van der Waals surface area contributed by atoms with Crippen molar-refractivity contribution in [1.29, 1.82) is 0 Å². The van der Waals surface area contributed by atoms with E-state index in [0.29, 0.717) is 6.04 Å². The Bertz CT molecular complexity index is 295. The molecule has 0 radical (unpaired) electrons. The van der Waals surface area contributed by atoms with Crippen molar-refractivity contribution in [2.45, 2.75) is 76.5 Å². The van der Waals surface area contributed by atoms with E-state index < -0.39 is 0 Å². The molecule has 1 aliphatic carbocycles. The van der Waals surface area contributed by atoms with E-state index in [1.165, 1.54) is 25.7 Å². The summed E-state index contributed by atoms with van der Waals surface area (Å²) in [6.07, 6.45) is 9.47. The Balaban J connectivity index is 1.80. The van der Waals surface area contributed by atoms with Gasteiger partial charge >= 0.3 is 0 Å². The van der Waals surface area contributed by atoms with Crippen molar-refractivity contribution in [3.8, 4) is 0 Å². The van der Waals surface area contributed by atoms with Gasteiger partial charge in [-0.25, -0.2) is 0 Å². The monoisotopic (exact) mass is 282 g/mol. The van der Waals surface area contributed by atoms with Crippen LogP contribution in [0.4, 0.5) is 0 Å². The average molecular weight is 282 g/mol. The van der Waals surface area contributed by atoms with E-state index in [4.69, 9.17) is 4.74 Å². The first-order chi connectivity index (χ1) is 9.68. The van der Waals surface area contributed by atoms with Crippen LogP contribution >= 0.6 is 0 Å². The standard InChI is InChI=1S/C16H30N2O2/c1-13(20-15-7-5-3-4-6-8-15)16(19)18(2)14-9-11-17-12-10-14/h13-15,17H,3-12H2,1-2H3. The zero-order valence-corrected chi connectivity index (χ0v) is 13.1. The van der Waals surface area contributed by atoms with Crippen LogP contribution in [0.5, 0.6) is 0 Å². The van der Waals surface area contributed by atoms with E-state index in [2.05, 4.69) is 5.32 Å². The highest BCUT2D eigenvalue weighted by atomic mass is 16.5. The van der Waals surface area contributed by atoms with Crippen LogP contribution in [0.15, 0.2) is 0 Å². The number of nitrogens with one attached hydrogen (secondary N) is 1. The molecule has 0 aromatic heterocycles. The Labute approximate surface area is 123 Å². The Morgan fingerprint density at radius 3 is 2.30 bits per heavy atom. The van der Waals surface area contributed by atoms with E-state index in [9.17, 15) is 4.79 Å². The summed E-state index contributed by atoms with van der Waals surface area (Å²) in [7, 11) is 1.94. The van der Waals surface area contributed by atoms with Crippen molar-refractivity contribution in [3.05, 3.63) is 0 Å². The molecule has 4 nitrogen and oxygen atoms in total. The van der Waals surface area contributed by atoms with Gasteiger partial charge in [0, 0.05) is 13.1 Å². The normalized spacial score (nSPS) is 24.1. The molecule has 2 rings (SSSR count). The Hall–Kier alpha value is -0.610. The molecule has 20 heavy (non-hydrogen) atoms. The van der Waals surface area contributed by atoms with Crippen LogP contribution in [0.1, 0.15) is 58.3 Å². The zero-order chi connectivity index (χ0) is 14.4. The summed E-state index contributed by atoms with van der Waals surface area (Å²) >= 11 is 0. The van der Waals surface area contributed by atoms with E-state index in [-0.39, 0.29) is 18.1 Å². The maximum Gasteiger partial charge on any atom is 0.251 e. The molecule has 2 aliphatic rings. The molecule has 0 aromatic carbocycles. The molecule has 1 N–H and O–H groups in total. The second kappa shape index (κ2) is 7.99. The van der Waals surface area contributed by atoms with E-state index in [0.717, 1.165) is 38.8 Å². The van der Waals surface area contributed by atoms with Crippen molar-refractivity contribution in [1.82, 2.24) is 10.2 Å². The highest BCUT2D eigenvalue weighted by Gasteiger charge is 2.27. The van der Waals surface area contributed by atoms with Crippen LogP contribution < -0.4 is 5.32 Å². The van der Waals surface area contributed by atoms with Crippen molar-refractivity contribution in [2.75, 3.05) is 20.1 Å². The number of likely N-dealkylation sites (N-methyl/N-ethyl adjacent to an activating group) is 1. The van der Waals surface area contributed by atoms with Crippen LogP contribution in [-0.2, 0) is 9.53 Å². The van der Waals surface area contributed by atoms with Gasteiger partial charge in [0.1, 0.15) is 6.10 Å². The molecule has 1 atom stereocenters. The van der Waals surface area contributed by atoms with Crippen LogP contribution in [0, 0.1) is 0 Å². The first-order valence-electron chi connectivity index (χ1n) is 8.31. The van der Waals surface area contributed by atoms with Crippen molar-refractivity contribution < 1.29 is 9.53 Å². The minimum absolute atomic E-state index is 0.154. The molecule has 1 saturated carbocycles. The van der Waals surface area contributed by atoms with E-state index >= 15 is 0 Å². The van der Waals surface area contributed by atoms with Gasteiger partial charge in [0.05, 0.1) is 6.10 Å². The van der Waals surface area contributed by atoms with Gasteiger partial charge in [0.25, 0.3) is 5.91 Å². The maximum atomic E-state index is 12.5. The summed E-state index contributed by atoms with van der Waals surface area (Å²) < 4.78 is 6.04. The zero-order valence-electron chi connectivity index (χ0n) is 13.1. The van der Waals surface area contributed by atoms with Crippen molar-refractivity contribution in [2.24, 2.45) is 0 Å². The maximum absolute atomic E-state index is 12.5. The number of carbonyl (C=O) groups is 1. The molecule has 0 aromatic rings. The number of amides is 1. The van der Waals surface area contributed by atoms with Gasteiger partial charge in [-0.1, -0.05) is 25.7 Å². The molecule has 2 fully saturated rings. The molecule has 1 unspecified atom stereocenters. The summed E-state index contributed by atoms with van der Waals surface area (Å²) in [6.45, 7) is 3.95. The van der Waals surface area contributed by atoms with E-state index in [1.807, 2.05) is 18.9 Å². The predicted octanol–water partition coefficient (Wildman–Crippen LogP) is 2.32. The molecule has 1 saturated heterocycles. The van der Waals surface area contributed by atoms with Gasteiger partial charge in [-0.2, -0.15) is 0 Å². The largest absolute Gasteiger partial charge is 0.365 e. The molecule has 1 aliphatic heterocycles. The number of hydrogen-bond acceptors (Lipinski definition) is 3. The van der Waals surface area contributed by atoms with Crippen molar-refractivity contribution >= 4 is 5.91 Å². The second-order valence-electron chi connectivity index (χ2n) is 6.32. The third-order valence-electron chi connectivity index (χ3n) is 4.75. The quantitative estimate of drug-likeness (QED) is 0.805. The van der Waals surface area contributed by atoms with Gasteiger partial charge in [0.2, 0.25) is 0 Å². The van der Waals surface area contributed by atoms with Gasteiger partial charge in [-0.15, -0.1) is 0 Å². The molecule has 1 heterocycles. The fourth-order valence-electron chi connectivity index (χ4n) is 3.39. The molecular formula is C16H30N2O2. The lowest BCUT2D eigenvalue weighted by molar-refractivity contribution is -0.148. The van der Waals surface area contributed by atoms with Gasteiger partial charge in [0.15, 0.2) is 0 Å². The minimum Gasteiger partial charge on any atom is -0.365 e. The summed E-state index contributed by atoms with van der Waals surface area (Å²) in [5, 5.41) is 3.34. The highest BCUT2D eigenvalue weighted by Crippen LogP contribution is 2.22. The first kappa shape index (κ1) is 15.8. The van der Waals surface area contributed by atoms with Gasteiger partial charge < -0.3 is 15.0 Å². The SMILES string of the molecule is CC(OC1CCCCCC1)C(=O)N(C)C1CCNCC1. The van der Waals surface area contributed by atoms with Crippen LogP contribution in [-0.4, -0.2) is 49.2 Å². The molecular weight excluding hydrogens is 252 g/mol. The number of carbonyl (C=O) groups excluding carboxylic acids is 1. The minimum atomic E-state index is -0.294. The molecule has 4 heteroatoms. The van der Waals surface area contributed by atoms with Gasteiger partial charge in [-0.05, 0) is 45.7 Å². The molecule has 1 amide bonds. The summed E-state index contributed by atoms with van der Waals surface area (Å²) in [5.41, 5.74) is 0. The predicted molar refractivity (Wildman–Crippen MR) is 80.7 cm³/mol. The average Bonchev–Trinajstić information content (AvgIpc) is 2.75. The Morgan fingerprint density at radius 1 is 1.10 bits per heavy atom. The third-order valence-corrected chi connectivity index (χ3v) is 4.75. The Morgan fingerprint density at radius 2 is 1.70 bits per heavy atom. The summed E-state index contributed by atoms with van der Waals surface area (Å²) in [4.78, 5) is 14.4. The van der Waals surface area contributed by atoms with Gasteiger partial charge in [-0.3, -0.25) is 4.79 Å². The molecule has 0 bridgehead atoms. The fraction of sp³-hybridized carbons (Fsp3) is 0.938. The second-order valence-corrected chi connectivity index (χ2v) is 6.32. The first-order valence-corrected chi connectivity index (χ1v) is 8.31.